The molecule has 1 rings (SSSR count). The van der Waals surface area contributed by atoms with E-state index >= 15 is 0 Å². The van der Waals surface area contributed by atoms with E-state index in [-0.39, 0.29) is 10.7 Å². The fourth-order valence-electron chi connectivity index (χ4n) is 1.28. The first kappa shape index (κ1) is 12.9. The summed E-state index contributed by atoms with van der Waals surface area (Å²) in [5.41, 5.74) is 0.997. The van der Waals surface area contributed by atoms with Crippen molar-refractivity contribution in [2.24, 2.45) is 0 Å². The van der Waals surface area contributed by atoms with Crippen molar-refractivity contribution in [3.05, 3.63) is 28.5 Å². The quantitative estimate of drug-likeness (QED) is 0.686. The summed E-state index contributed by atoms with van der Waals surface area (Å²) in [7, 11) is 0. The minimum Gasteiger partial charge on any atom is -0.481 e. The van der Waals surface area contributed by atoms with Crippen LogP contribution in [0.5, 0.6) is 0 Å². The fraction of sp³-hybridized carbons (Fsp3) is 0.400. The number of carboxylic acid groups (broad SMARTS) is 1. The zero-order valence-electron chi connectivity index (χ0n) is 8.59. The van der Waals surface area contributed by atoms with Crippen LogP contribution >= 0.6 is 11.6 Å². The minimum absolute atomic E-state index is 0.0579. The summed E-state index contributed by atoms with van der Waals surface area (Å²) >= 11 is 5.74. The monoisotopic (exact) mass is 245 g/mol. The minimum atomic E-state index is -1.40. The smallest absolute Gasteiger partial charge is 0.306 e. The number of hydrogen-bond donors (Lipinski definition) is 3. The number of nitrogens with zero attached hydrogens (tertiary/aromatic N) is 1. The van der Waals surface area contributed by atoms with Gasteiger partial charge in [0.05, 0.1) is 12.5 Å². The van der Waals surface area contributed by atoms with Gasteiger partial charge in [0, 0.05) is 11.8 Å². The molecule has 0 aliphatic carbocycles. The Labute approximate surface area is 97.3 Å². The number of aliphatic hydroxyl groups is 2. The van der Waals surface area contributed by atoms with E-state index in [0.29, 0.717) is 0 Å². The molecule has 1 aromatic heterocycles. The third-order valence-electron chi connectivity index (χ3n) is 2.07. The number of aryl methyl sites for hydroxylation is 1. The van der Waals surface area contributed by atoms with E-state index in [2.05, 4.69) is 4.98 Å². The highest BCUT2D eigenvalue weighted by atomic mass is 35.5. The summed E-state index contributed by atoms with van der Waals surface area (Å²) < 4.78 is 0. The molecule has 0 spiro atoms. The number of carbonyl (C=O) groups is 1. The van der Waals surface area contributed by atoms with Gasteiger partial charge < -0.3 is 15.3 Å². The number of halogens is 1. The molecule has 0 amide bonds. The maximum absolute atomic E-state index is 10.4. The lowest BCUT2D eigenvalue weighted by molar-refractivity contribution is -0.141. The van der Waals surface area contributed by atoms with E-state index in [1.165, 1.54) is 6.20 Å². The third kappa shape index (κ3) is 3.16. The van der Waals surface area contributed by atoms with Crippen LogP contribution in [0.3, 0.4) is 0 Å². The molecular formula is C10H12ClNO4. The standard InChI is InChI=1S/C10H12ClNO4/c1-5-2-6(10(11)12-4-5)9(16)7(13)3-8(14)15/h2,4,7,9,13,16H,3H2,1H3,(H,14,15). The van der Waals surface area contributed by atoms with Gasteiger partial charge in [-0.1, -0.05) is 11.6 Å². The van der Waals surface area contributed by atoms with E-state index in [1.54, 1.807) is 13.0 Å². The van der Waals surface area contributed by atoms with Gasteiger partial charge in [-0.15, -0.1) is 0 Å². The Morgan fingerprint density at radius 1 is 1.56 bits per heavy atom. The molecule has 0 bridgehead atoms. The van der Waals surface area contributed by atoms with Crippen LogP contribution in [0.1, 0.15) is 23.7 Å². The highest BCUT2D eigenvalue weighted by Crippen LogP contribution is 2.25. The first-order valence-electron chi connectivity index (χ1n) is 4.61. The number of pyridine rings is 1. The summed E-state index contributed by atoms with van der Waals surface area (Å²) in [6.45, 7) is 1.75. The Bertz CT molecular complexity index is 396. The molecule has 16 heavy (non-hydrogen) atoms. The van der Waals surface area contributed by atoms with Crippen LogP contribution in [0.25, 0.3) is 0 Å². The number of aromatic nitrogens is 1. The Morgan fingerprint density at radius 2 is 2.19 bits per heavy atom. The van der Waals surface area contributed by atoms with Crippen LogP contribution in [0, 0.1) is 6.92 Å². The van der Waals surface area contributed by atoms with E-state index in [4.69, 9.17) is 16.7 Å². The van der Waals surface area contributed by atoms with Crippen LogP contribution in [0.2, 0.25) is 5.15 Å². The summed E-state index contributed by atoms with van der Waals surface area (Å²) in [4.78, 5) is 14.2. The molecule has 2 unspecified atom stereocenters. The molecule has 6 heteroatoms. The van der Waals surface area contributed by atoms with Crippen molar-refractivity contribution in [1.29, 1.82) is 0 Å². The van der Waals surface area contributed by atoms with Crippen LogP contribution in [-0.2, 0) is 4.79 Å². The van der Waals surface area contributed by atoms with Gasteiger partial charge >= 0.3 is 5.97 Å². The van der Waals surface area contributed by atoms with Gasteiger partial charge in [0.2, 0.25) is 0 Å². The van der Waals surface area contributed by atoms with Crippen molar-refractivity contribution in [3.8, 4) is 0 Å². The number of hydrogen-bond acceptors (Lipinski definition) is 4. The molecule has 0 saturated heterocycles. The maximum Gasteiger partial charge on any atom is 0.306 e. The highest BCUT2D eigenvalue weighted by Gasteiger charge is 2.23. The van der Waals surface area contributed by atoms with Gasteiger partial charge in [0.15, 0.2) is 0 Å². The van der Waals surface area contributed by atoms with Crippen molar-refractivity contribution in [2.75, 3.05) is 0 Å². The Hall–Kier alpha value is -1.17. The average Bonchev–Trinajstić information content (AvgIpc) is 2.19. The van der Waals surface area contributed by atoms with Crippen molar-refractivity contribution in [2.45, 2.75) is 25.6 Å². The second-order valence-electron chi connectivity index (χ2n) is 3.50. The maximum atomic E-state index is 10.4. The molecule has 0 aliphatic heterocycles. The first-order valence-corrected chi connectivity index (χ1v) is 4.99. The van der Waals surface area contributed by atoms with Crippen molar-refractivity contribution in [3.63, 3.8) is 0 Å². The molecule has 0 aromatic carbocycles. The Kier molecular flexibility index (Phi) is 4.23. The van der Waals surface area contributed by atoms with E-state index < -0.39 is 24.6 Å². The second kappa shape index (κ2) is 5.25. The van der Waals surface area contributed by atoms with Gasteiger partial charge in [0.25, 0.3) is 0 Å². The van der Waals surface area contributed by atoms with Crippen LogP contribution < -0.4 is 0 Å². The average molecular weight is 246 g/mol. The number of aliphatic carboxylic acids is 1. The molecule has 0 radical (unpaired) electrons. The molecule has 1 aromatic rings. The Morgan fingerprint density at radius 3 is 2.75 bits per heavy atom. The van der Waals surface area contributed by atoms with Crippen LogP contribution in [0.4, 0.5) is 0 Å². The van der Waals surface area contributed by atoms with Crippen LogP contribution in [0.15, 0.2) is 12.3 Å². The molecule has 5 nitrogen and oxygen atoms in total. The van der Waals surface area contributed by atoms with Crippen molar-refractivity contribution >= 4 is 17.6 Å². The van der Waals surface area contributed by atoms with Gasteiger partial charge in [-0.25, -0.2) is 4.98 Å². The zero-order chi connectivity index (χ0) is 12.3. The van der Waals surface area contributed by atoms with Gasteiger partial charge in [0.1, 0.15) is 11.3 Å². The van der Waals surface area contributed by atoms with E-state index in [1.807, 2.05) is 0 Å². The molecule has 88 valence electrons. The lowest BCUT2D eigenvalue weighted by Gasteiger charge is -2.17. The molecule has 2 atom stereocenters. The van der Waals surface area contributed by atoms with Crippen molar-refractivity contribution in [1.82, 2.24) is 4.98 Å². The zero-order valence-corrected chi connectivity index (χ0v) is 9.35. The number of aliphatic hydroxyl groups excluding tert-OH is 2. The van der Waals surface area contributed by atoms with Crippen LogP contribution in [-0.4, -0.2) is 32.4 Å². The SMILES string of the molecule is Cc1cnc(Cl)c(C(O)C(O)CC(=O)O)c1. The molecule has 0 fully saturated rings. The van der Waals surface area contributed by atoms with E-state index in [9.17, 15) is 15.0 Å². The highest BCUT2D eigenvalue weighted by molar-refractivity contribution is 6.30. The summed E-state index contributed by atoms with van der Waals surface area (Å²) in [6.07, 6.45) is -1.79. The summed E-state index contributed by atoms with van der Waals surface area (Å²) in [5, 5.41) is 27.7. The fourth-order valence-corrected chi connectivity index (χ4v) is 1.50. The first-order chi connectivity index (χ1) is 7.41. The number of carboxylic acids is 1. The molecule has 3 N–H and O–H groups in total. The predicted molar refractivity (Wildman–Crippen MR) is 57.2 cm³/mol. The predicted octanol–water partition coefficient (Wildman–Crippen LogP) is 0.912. The largest absolute Gasteiger partial charge is 0.481 e. The van der Waals surface area contributed by atoms with E-state index in [0.717, 1.165) is 5.56 Å². The Balaban J connectivity index is 2.90. The lowest BCUT2D eigenvalue weighted by atomic mass is 10.0. The molecule has 1 heterocycles. The second-order valence-corrected chi connectivity index (χ2v) is 3.86. The van der Waals surface area contributed by atoms with Gasteiger partial charge in [-0.2, -0.15) is 0 Å². The van der Waals surface area contributed by atoms with Gasteiger partial charge in [-0.05, 0) is 18.6 Å². The lowest BCUT2D eigenvalue weighted by Crippen LogP contribution is -2.22. The summed E-state index contributed by atoms with van der Waals surface area (Å²) in [5.74, 6) is -1.19. The van der Waals surface area contributed by atoms with Gasteiger partial charge in [-0.3, -0.25) is 4.79 Å². The third-order valence-corrected chi connectivity index (χ3v) is 2.39. The molecule has 0 saturated carbocycles. The topological polar surface area (TPSA) is 90.7 Å². The molecule has 0 aliphatic rings. The normalized spacial score (nSPS) is 14.5. The number of rotatable bonds is 4. The van der Waals surface area contributed by atoms with Crippen molar-refractivity contribution < 1.29 is 20.1 Å². The molecular weight excluding hydrogens is 234 g/mol. The summed E-state index contributed by atoms with van der Waals surface area (Å²) in [6, 6.07) is 1.56.